The van der Waals surface area contributed by atoms with E-state index in [9.17, 15) is 0 Å². The molecule has 4 aromatic rings. The minimum Gasteiger partial charge on any atom is -0.305 e. The van der Waals surface area contributed by atoms with Gasteiger partial charge in [0.1, 0.15) is 5.65 Å². The molecule has 0 radical (unpaired) electrons. The summed E-state index contributed by atoms with van der Waals surface area (Å²) in [6.07, 6.45) is 3.82. The van der Waals surface area contributed by atoms with Gasteiger partial charge in [0.15, 0.2) is 11.0 Å². The molecule has 25 heavy (non-hydrogen) atoms. The van der Waals surface area contributed by atoms with Crippen LogP contribution < -0.4 is 0 Å². The van der Waals surface area contributed by atoms with E-state index in [2.05, 4.69) is 15.2 Å². The molecule has 0 saturated carbocycles. The maximum absolute atomic E-state index is 6.01. The zero-order valence-corrected chi connectivity index (χ0v) is 15.6. The predicted octanol–water partition coefficient (Wildman–Crippen LogP) is 4.73. The largest absolute Gasteiger partial charge is 0.305 e. The summed E-state index contributed by atoms with van der Waals surface area (Å²) in [6.45, 7) is 0. The number of nitrogens with zero attached hydrogens (tertiary/aromatic N) is 5. The van der Waals surface area contributed by atoms with Crippen LogP contribution in [0.1, 0.15) is 5.69 Å². The average Bonchev–Trinajstić information content (AvgIpc) is 3.16. The van der Waals surface area contributed by atoms with Crippen LogP contribution >= 0.6 is 35.0 Å². The second-order valence-electron chi connectivity index (χ2n) is 5.51. The lowest BCUT2D eigenvalue weighted by molar-refractivity contribution is 0.793. The molecule has 0 saturated heterocycles. The van der Waals surface area contributed by atoms with Gasteiger partial charge in [0.05, 0.1) is 10.7 Å². The number of halogens is 2. The van der Waals surface area contributed by atoms with Crippen LogP contribution in [0.4, 0.5) is 0 Å². The third-order valence-corrected chi connectivity index (χ3v) is 5.28. The van der Waals surface area contributed by atoms with Gasteiger partial charge in [0, 0.05) is 35.8 Å². The molecule has 0 bridgehead atoms. The van der Waals surface area contributed by atoms with Crippen molar-refractivity contribution in [3.63, 3.8) is 0 Å². The molecule has 0 fully saturated rings. The van der Waals surface area contributed by atoms with E-state index in [0.717, 1.165) is 27.9 Å². The van der Waals surface area contributed by atoms with Crippen molar-refractivity contribution in [3.8, 4) is 11.4 Å². The highest BCUT2D eigenvalue weighted by Gasteiger charge is 2.12. The molecule has 0 spiro atoms. The van der Waals surface area contributed by atoms with Gasteiger partial charge in [0.2, 0.25) is 0 Å². The minimum absolute atomic E-state index is 0.685. The monoisotopic (exact) mass is 389 g/mol. The molecule has 5 nitrogen and oxygen atoms in total. The Bertz CT molecular complexity index is 1040. The highest BCUT2D eigenvalue weighted by molar-refractivity contribution is 7.98. The van der Waals surface area contributed by atoms with Crippen molar-refractivity contribution in [2.45, 2.75) is 10.9 Å². The number of rotatable bonds is 4. The molecular formula is C17H13Cl2N5S. The van der Waals surface area contributed by atoms with Crippen LogP contribution in [-0.4, -0.2) is 24.1 Å². The molecule has 3 aromatic heterocycles. The van der Waals surface area contributed by atoms with Gasteiger partial charge in [-0.1, -0.05) is 35.0 Å². The first-order valence-electron chi connectivity index (χ1n) is 7.51. The first kappa shape index (κ1) is 16.4. The standard InChI is InChI=1S/C17H13Cl2N5S/c1-23-16(11-2-4-12(18)5-3-11)21-22-17(23)25-10-14-9-24-8-13(19)6-7-15(24)20-14/h2-9H,10H2,1H3. The van der Waals surface area contributed by atoms with Crippen LogP contribution in [0, 0.1) is 0 Å². The average molecular weight is 390 g/mol. The number of imidazole rings is 1. The first-order valence-corrected chi connectivity index (χ1v) is 9.25. The van der Waals surface area contributed by atoms with Crippen LogP contribution in [0.2, 0.25) is 10.0 Å². The highest BCUT2D eigenvalue weighted by atomic mass is 35.5. The maximum Gasteiger partial charge on any atom is 0.191 e. The minimum atomic E-state index is 0.685. The van der Waals surface area contributed by atoms with Gasteiger partial charge in [-0.2, -0.15) is 0 Å². The van der Waals surface area contributed by atoms with Crippen molar-refractivity contribution >= 4 is 40.6 Å². The number of benzene rings is 1. The fraction of sp³-hybridized carbons (Fsp3) is 0.118. The summed E-state index contributed by atoms with van der Waals surface area (Å²) in [5.74, 6) is 1.51. The van der Waals surface area contributed by atoms with Crippen molar-refractivity contribution in [1.29, 1.82) is 0 Å². The van der Waals surface area contributed by atoms with Gasteiger partial charge in [-0.15, -0.1) is 10.2 Å². The van der Waals surface area contributed by atoms with Crippen LogP contribution in [0.15, 0.2) is 53.9 Å². The van der Waals surface area contributed by atoms with E-state index in [4.69, 9.17) is 23.2 Å². The van der Waals surface area contributed by atoms with E-state index in [1.165, 1.54) is 0 Å². The van der Waals surface area contributed by atoms with Crippen molar-refractivity contribution in [2.75, 3.05) is 0 Å². The summed E-state index contributed by atoms with van der Waals surface area (Å²) < 4.78 is 3.90. The van der Waals surface area contributed by atoms with Crippen molar-refractivity contribution in [3.05, 3.63) is 64.5 Å². The van der Waals surface area contributed by atoms with E-state index in [-0.39, 0.29) is 0 Å². The molecule has 126 valence electrons. The molecule has 3 heterocycles. The molecule has 0 atom stereocenters. The SMILES string of the molecule is Cn1c(SCc2cn3cc(Cl)ccc3n2)nnc1-c1ccc(Cl)cc1. The third kappa shape index (κ3) is 3.38. The third-order valence-electron chi connectivity index (χ3n) is 3.75. The van der Waals surface area contributed by atoms with E-state index >= 15 is 0 Å². The summed E-state index contributed by atoms with van der Waals surface area (Å²) >= 11 is 13.5. The summed E-state index contributed by atoms with van der Waals surface area (Å²) in [7, 11) is 1.95. The topological polar surface area (TPSA) is 48.0 Å². The number of hydrogen-bond acceptors (Lipinski definition) is 4. The van der Waals surface area contributed by atoms with Crippen LogP contribution in [0.25, 0.3) is 17.0 Å². The molecular weight excluding hydrogens is 377 g/mol. The van der Waals surface area contributed by atoms with Gasteiger partial charge < -0.3 is 8.97 Å². The molecule has 4 rings (SSSR count). The second kappa shape index (κ2) is 6.71. The summed E-state index contributed by atoms with van der Waals surface area (Å²) in [5, 5.41) is 10.8. The molecule has 8 heteroatoms. The van der Waals surface area contributed by atoms with Gasteiger partial charge in [0.25, 0.3) is 0 Å². The quantitative estimate of drug-likeness (QED) is 0.473. The Labute approximate surface area is 158 Å². The van der Waals surface area contributed by atoms with Crippen molar-refractivity contribution in [2.24, 2.45) is 7.05 Å². The van der Waals surface area contributed by atoms with Gasteiger partial charge >= 0.3 is 0 Å². The van der Waals surface area contributed by atoms with Gasteiger partial charge in [-0.25, -0.2) is 4.98 Å². The van der Waals surface area contributed by atoms with Crippen LogP contribution in [-0.2, 0) is 12.8 Å². The van der Waals surface area contributed by atoms with Gasteiger partial charge in [-0.05, 0) is 36.4 Å². The fourth-order valence-corrected chi connectivity index (χ4v) is 3.61. The second-order valence-corrected chi connectivity index (χ2v) is 7.32. The number of pyridine rings is 1. The number of hydrogen-bond donors (Lipinski definition) is 0. The van der Waals surface area contributed by atoms with E-state index in [0.29, 0.717) is 15.8 Å². The van der Waals surface area contributed by atoms with Crippen LogP contribution in [0.3, 0.4) is 0 Å². The molecule has 0 N–H and O–H groups in total. The Balaban J connectivity index is 1.53. The van der Waals surface area contributed by atoms with E-state index in [1.807, 2.05) is 64.8 Å². The lowest BCUT2D eigenvalue weighted by Gasteiger charge is -2.03. The maximum atomic E-state index is 6.01. The summed E-state index contributed by atoms with van der Waals surface area (Å²) in [4.78, 5) is 4.58. The van der Waals surface area contributed by atoms with Crippen molar-refractivity contribution in [1.82, 2.24) is 24.1 Å². The zero-order valence-electron chi connectivity index (χ0n) is 13.2. The smallest absolute Gasteiger partial charge is 0.191 e. The van der Waals surface area contributed by atoms with E-state index < -0.39 is 0 Å². The normalized spacial score (nSPS) is 11.3. The number of fused-ring (bicyclic) bond motifs is 1. The summed E-state index contributed by atoms with van der Waals surface area (Å²) in [6, 6.07) is 11.3. The summed E-state index contributed by atoms with van der Waals surface area (Å²) in [5.41, 5.74) is 2.82. The van der Waals surface area contributed by atoms with Crippen LogP contribution in [0.5, 0.6) is 0 Å². The molecule has 0 unspecified atom stereocenters. The Morgan fingerprint density at radius 2 is 1.72 bits per heavy atom. The Hall–Kier alpha value is -2.02. The molecule has 1 aromatic carbocycles. The van der Waals surface area contributed by atoms with E-state index in [1.54, 1.807) is 11.8 Å². The fourth-order valence-electron chi connectivity index (χ4n) is 2.52. The molecule has 0 aliphatic rings. The Kier molecular flexibility index (Phi) is 4.41. The van der Waals surface area contributed by atoms with Crippen molar-refractivity contribution < 1.29 is 0 Å². The first-order chi connectivity index (χ1) is 12.1. The molecule has 0 amide bonds. The highest BCUT2D eigenvalue weighted by Crippen LogP contribution is 2.26. The number of aromatic nitrogens is 5. The Morgan fingerprint density at radius 3 is 2.52 bits per heavy atom. The number of thioether (sulfide) groups is 1. The van der Waals surface area contributed by atoms with Gasteiger partial charge in [-0.3, -0.25) is 0 Å². The zero-order chi connectivity index (χ0) is 17.4. The molecule has 0 aliphatic heterocycles. The predicted molar refractivity (Wildman–Crippen MR) is 101 cm³/mol. The lowest BCUT2D eigenvalue weighted by atomic mass is 10.2. The Morgan fingerprint density at radius 1 is 0.960 bits per heavy atom. The molecule has 0 aliphatic carbocycles. The lowest BCUT2D eigenvalue weighted by Crippen LogP contribution is -1.95.